The topological polar surface area (TPSA) is 174 Å². The van der Waals surface area contributed by atoms with E-state index in [-0.39, 0.29) is 37.0 Å². The van der Waals surface area contributed by atoms with Gasteiger partial charge in [-0.05, 0) is 86.8 Å². The van der Waals surface area contributed by atoms with Gasteiger partial charge in [-0.25, -0.2) is 4.79 Å². The Bertz CT molecular complexity index is 1130. The molecule has 4 saturated carbocycles. The summed E-state index contributed by atoms with van der Waals surface area (Å²) in [6, 6.07) is 0. The quantitative estimate of drug-likeness (QED) is 0.276. The number of hydrogen-bond donors (Lipinski definition) is 6. The number of aliphatic carboxylic acids is 1. The Hall–Kier alpha value is -1.14. The van der Waals surface area contributed by atoms with Gasteiger partial charge in [0.05, 0.1) is 7.45 Å². The number of ketones is 1. The highest BCUT2D eigenvalue weighted by Crippen LogP contribution is 2.68. The molecular formula is C27H42O10. The van der Waals surface area contributed by atoms with E-state index in [1.54, 1.807) is 0 Å². The first kappa shape index (κ1) is 21.7. The zero-order valence-corrected chi connectivity index (χ0v) is 21.2. The molecule has 1 unspecified atom stereocenters. The van der Waals surface area contributed by atoms with Crippen molar-refractivity contribution in [2.24, 2.45) is 34.5 Å². The molecule has 4 aliphatic carbocycles. The number of carbonyl (C=O) groups is 2. The maximum atomic E-state index is 12.6. The molecular weight excluding hydrogens is 484 g/mol. The van der Waals surface area contributed by atoms with Gasteiger partial charge < -0.3 is 40.1 Å². The third-order valence-corrected chi connectivity index (χ3v) is 10.6. The summed E-state index contributed by atoms with van der Waals surface area (Å²) in [6.07, 6.45) is -16.6. The number of carbonyl (C=O) groups excluding carboxylic acids is 1. The van der Waals surface area contributed by atoms with Crippen LogP contribution in [-0.2, 0) is 19.1 Å². The molecule has 0 aromatic carbocycles. The van der Waals surface area contributed by atoms with E-state index in [2.05, 4.69) is 0 Å². The van der Waals surface area contributed by atoms with E-state index in [0.29, 0.717) is 25.7 Å². The van der Waals surface area contributed by atoms with Crippen LogP contribution in [0.5, 0.6) is 0 Å². The number of fused-ring (bicyclic) bond motifs is 5. The number of carboxylic acid groups (broad SMARTS) is 1. The van der Waals surface area contributed by atoms with Gasteiger partial charge in [-0.1, -0.05) is 13.8 Å². The van der Waals surface area contributed by atoms with E-state index in [4.69, 9.17) is 16.3 Å². The van der Waals surface area contributed by atoms with Crippen molar-refractivity contribution in [2.75, 3.05) is 6.61 Å². The van der Waals surface area contributed by atoms with E-state index >= 15 is 0 Å². The predicted molar refractivity (Wildman–Crippen MR) is 128 cm³/mol. The van der Waals surface area contributed by atoms with Gasteiger partial charge in [0.2, 0.25) is 0 Å². The van der Waals surface area contributed by atoms with Gasteiger partial charge in [-0.15, -0.1) is 0 Å². The lowest BCUT2D eigenvalue weighted by molar-refractivity contribution is -0.309. The molecule has 5 rings (SSSR count). The molecule has 0 spiro atoms. The summed E-state index contributed by atoms with van der Waals surface area (Å²) in [4.78, 5) is 24.2. The zero-order valence-electron chi connectivity index (χ0n) is 26.2. The molecule has 10 heteroatoms. The van der Waals surface area contributed by atoms with E-state index < -0.39 is 90.2 Å². The van der Waals surface area contributed by atoms with Crippen molar-refractivity contribution in [1.82, 2.24) is 0 Å². The van der Waals surface area contributed by atoms with Crippen LogP contribution in [0.25, 0.3) is 0 Å². The molecule has 37 heavy (non-hydrogen) atoms. The van der Waals surface area contributed by atoms with Gasteiger partial charge in [0.25, 0.3) is 0 Å². The highest BCUT2D eigenvalue weighted by Gasteiger charge is 2.66. The highest BCUT2D eigenvalue weighted by atomic mass is 16.7. The fraction of sp³-hybridized carbons (Fsp3) is 0.926. The largest absolute Gasteiger partial charge is 0.479 e. The fourth-order valence-corrected chi connectivity index (χ4v) is 8.37. The van der Waals surface area contributed by atoms with Crippen molar-refractivity contribution < 1.29 is 56.6 Å². The van der Waals surface area contributed by atoms with E-state index in [0.717, 1.165) is 0 Å². The van der Waals surface area contributed by atoms with Gasteiger partial charge >= 0.3 is 5.97 Å². The first-order valence-corrected chi connectivity index (χ1v) is 13.2. The fourth-order valence-electron chi connectivity index (χ4n) is 8.37. The van der Waals surface area contributed by atoms with Crippen LogP contribution < -0.4 is 0 Å². The van der Waals surface area contributed by atoms with Crippen LogP contribution in [0.1, 0.15) is 78.4 Å². The predicted octanol–water partition coefficient (Wildman–Crippen LogP) is 0.599. The maximum Gasteiger partial charge on any atom is 0.335 e. The number of rotatable bonds is 5. The van der Waals surface area contributed by atoms with Crippen LogP contribution >= 0.6 is 0 Å². The molecule has 0 bridgehead atoms. The average Bonchev–Trinajstić information content (AvgIpc) is 3.18. The molecule has 1 heterocycles. The second-order valence-corrected chi connectivity index (χ2v) is 12.1. The Balaban J connectivity index is 1.46. The normalized spacial score (nSPS) is 60.3. The van der Waals surface area contributed by atoms with Crippen LogP contribution in [0.2, 0.25) is 0 Å². The molecule has 210 valence electrons. The molecule has 1 saturated heterocycles. The Labute approximate surface area is 224 Å². The number of aliphatic hydroxyl groups is 5. The summed E-state index contributed by atoms with van der Waals surface area (Å²) in [7, 11) is 0. The van der Waals surface area contributed by atoms with E-state index in [9.17, 15) is 40.2 Å². The molecule has 1 aliphatic heterocycles. The van der Waals surface area contributed by atoms with Crippen LogP contribution in [-0.4, -0.2) is 91.4 Å². The summed E-state index contributed by atoms with van der Waals surface area (Å²) in [5, 5.41) is 61.1. The van der Waals surface area contributed by atoms with Crippen molar-refractivity contribution in [3.63, 3.8) is 0 Å². The minimum Gasteiger partial charge on any atom is -0.479 e. The van der Waals surface area contributed by atoms with Gasteiger partial charge in [0.1, 0.15) is 30.5 Å². The molecule has 6 N–H and O–H groups in total. The molecule has 0 radical (unpaired) electrons. The van der Waals surface area contributed by atoms with Gasteiger partial charge in [0.15, 0.2) is 18.2 Å². The van der Waals surface area contributed by atoms with Crippen molar-refractivity contribution in [1.29, 1.82) is 0 Å². The number of ether oxygens (including phenoxy) is 2. The summed E-state index contributed by atoms with van der Waals surface area (Å²) in [5.41, 5.74) is -3.41. The Morgan fingerprint density at radius 3 is 2.41 bits per heavy atom. The van der Waals surface area contributed by atoms with Crippen molar-refractivity contribution in [3.05, 3.63) is 0 Å². The lowest BCUT2D eigenvalue weighted by Crippen LogP contribution is -2.61. The summed E-state index contributed by atoms with van der Waals surface area (Å²) in [5.74, 6) is -3.53. The smallest absolute Gasteiger partial charge is 0.335 e. The third-order valence-electron chi connectivity index (χ3n) is 10.6. The second kappa shape index (κ2) is 9.50. The van der Waals surface area contributed by atoms with Crippen molar-refractivity contribution in [2.45, 2.75) is 114 Å². The Kier molecular flexibility index (Phi) is 5.56. The number of Topliss-reactive ketones (excluding diaryl/α,β-unsaturated/α-hetero) is 1. The minimum atomic E-state index is -2.99. The standard InChI is InChI=1S/C27H42O10/c1-25-8-5-14(36-24-21(32)19(30)20(31)22(37-24)23(33)34)11-13(25)3-4-15-16(25)6-9-26(2)17(15)7-10-27(26,35)18(29)12-28/h13-17,19-22,24,28,30-32,35H,3-12H2,1-2H3,(H,33,34)/t13-,14-,15-,16?,17+,19+,20+,21-,22+,24-,25+,26+,27+/m1/s1/i5D2,11D2,14D. The Morgan fingerprint density at radius 1 is 1.03 bits per heavy atom. The second-order valence-electron chi connectivity index (χ2n) is 12.1. The van der Waals surface area contributed by atoms with Crippen LogP contribution in [0.3, 0.4) is 0 Å². The molecule has 10 nitrogen and oxygen atoms in total. The first-order chi connectivity index (χ1) is 19.2. The maximum absolute atomic E-state index is 12.6. The molecule has 13 atom stereocenters. The lowest BCUT2D eigenvalue weighted by Gasteiger charge is -2.61. The third kappa shape index (κ3) is 4.01. The van der Waals surface area contributed by atoms with Gasteiger partial charge in [-0.2, -0.15) is 0 Å². The van der Waals surface area contributed by atoms with Gasteiger partial charge in [0, 0.05) is 10.9 Å². The van der Waals surface area contributed by atoms with Crippen LogP contribution in [0.4, 0.5) is 0 Å². The number of hydrogen-bond acceptors (Lipinski definition) is 9. The molecule has 0 aromatic heterocycles. The molecule has 0 amide bonds. The highest BCUT2D eigenvalue weighted by molar-refractivity contribution is 5.89. The summed E-state index contributed by atoms with van der Waals surface area (Å²) < 4.78 is 56.1. The Morgan fingerprint density at radius 2 is 1.73 bits per heavy atom. The number of aliphatic hydroxyl groups excluding tert-OH is 4. The monoisotopic (exact) mass is 531 g/mol. The number of carboxylic acids is 1. The van der Waals surface area contributed by atoms with Crippen molar-refractivity contribution >= 4 is 11.8 Å². The molecule has 5 fully saturated rings. The zero-order chi connectivity index (χ0) is 31.4. The lowest BCUT2D eigenvalue weighted by atomic mass is 9.44. The van der Waals surface area contributed by atoms with E-state index in [1.165, 1.54) is 0 Å². The summed E-state index contributed by atoms with van der Waals surface area (Å²) >= 11 is 0. The minimum absolute atomic E-state index is 0.0484. The molecule has 0 aromatic rings. The van der Waals surface area contributed by atoms with Crippen LogP contribution in [0, 0.1) is 34.5 Å². The van der Waals surface area contributed by atoms with Crippen molar-refractivity contribution in [3.8, 4) is 0 Å². The van der Waals surface area contributed by atoms with E-state index in [1.807, 2.05) is 13.8 Å². The summed E-state index contributed by atoms with van der Waals surface area (Å²) in [6.45, 7) is 2.93. The average molecular weight is 532 g/mol. The van der Waals surface area contributed by atoms with Gasteiger partial charge in [-0.3, -0.25) is 4.79 Å². The molecule has 5 aliphatic rings. The SMILES string of the molecule is [2H]C1([2H])C[C@]2(C)C3CC[C@@]4(C)[C@@H](CC[C@]4(O)C(=O)CO)[C@@H]3CC[C@@H]2C([2H])([2H])[C@]1([2H])O[C@@H]1O[C@H](C(=O)O)[C@@H](O)[C@H](O)[C@H]1O. The first-order valence-electron chi connectivity index (χ1n) is 15.7. The van der Waals surface area contributed by atoms with Crippen LogP contribution in [0.15, 0.2) is 0 Å².